The SMILES string of the molecule is FC(F)(F)c1cccc(OCCSc2ncccn2)c1. The van der Waals surface area contributed by atoms with E-state index in [2.05, 4.69) is 9.97 Å². The molecule has 1 aromatic carbocycles. The summed E-state index contributed by atoms with van der Waals surface area (Å²) in [5.41, 5.74) is -0.714. The third-order valence-corrected chi connectivity index (χ3v) is 3.13. The van der Waals surface area contributed by atoms with E-state index in [4.69, 9.17) is 4.74 Å². The third kappa shape index (κ3) is 4.41. The fourth-order valence-corrected chi connectivity index (χ4v) is 2.03. The van der Waals surface area contributed by atoms with Gasteiger partial charge in [-0.2, -0.15) is 13.2 Å². The van der Waals surface area contributed by atoms with Crippen LogP contribution in [0.3, 0.4) is 0 Å². The molecule has 0 aliphatic rings. The summed E-state index contributed by atoms with van der Waals surface area (Å²) in [7, 11) is 0. The second-order valence-electron chi connectivity index (χ2n) is 3.75. The molecule has 0 bridgehead atoms. The fraction of sp³-hybridized carbons (Fsp3) is 0.231. The van der Waals surface area contributed by atoms with Crippen LogP contribution in [0.5, 0.6) is 5.75 Å². The summed E-state index contributed by atoms with van der Waals surface area (Å²) in [6.07, 6.45) is -1.10. The lowest BCUT2D eigenvalue weighted by Gasteiger charge is -2.09. The van der Waals surface area contributed by atoms with Crippen LogP contribution in [0.15, 0.2) is 47.9 Å². The van der Waals surface area contributed by atoms with Crippen LogP contribution in [0, 0.1) is 0 Å². The normalized spacial score (nSPS) is 11.3. The number of benzene rings is 1. The van der Waals surface area contributed by atoms with Crippen LogP contribution in [0.1, 0.15) is 5.56 Å². The van der Waals surface area contributed by atoms with Gasteiger partial charge in [0.1, 0.15) is 5.75 Å². The Kier molecular flexibility index (Phi) is 4.84. The van der Waals surface area contributed by atoms with Crippen molar-refractivity contribution in [3.63, 3.8) is 0 Å². The maximum Gasteiger partial charge on any atom is 0.416 e. The van der Waals surface area contributed by atoms with Gasteiger partial charge in [-0.25, -0.2) is 9.97 Å². The predicted molar refractivity (Wildman–Crippen MR) is 69.7 cm³/mol. The molecule has 1 aromatic heterocycles. The van der Waals surface area contributed by atoms with Crippen molar-refractivity contribution in [2.45, 2.75) is 11.3 Å². The Morgan fingerprint density at radius 2 is 1.85 bits per heavy atom. The fourth-order valence-electron chi connectivity index (χ4n) is 1.41. The Labute approximate surface area is 118 Å². The second-order valence-corrected chi connectivity index (χ2v) is 4.82. The number of halogens is 3. The molecule has 2 rings (SSSR count). The lowest BCUT2D eigenvalue weighted by atomic mass is 10.2. The van der Waals surface area contributed by atoms with Crippen molar-refractivity contribution in [2.24, 2.45) is 0 Å². The smallest absolute Gasteiger partial charge is 0.416 e. The Balaban J connectivity index is 1.83. The molecule has 106 valence electrons. The summed E-state index contributed by atoms with van der Waals surface area (Å²) in [6, 6.07) is 6.54. The van der Waals surface area contributed by atoms with E-state index in [-0.39, 0.29) is 12.4 Å². The minimum atomic E-state index is -4.36. The van der Waals surface area contributed by atoms with Gasteiger partial charge in [-0.1, -0.05) is 17.8 Å². The average Bonchev–Trinajstić information content (AvgIpc) is 2.44. The van der Waals surface area contributed by atoms with Gasteiger partial charge >= 0.3 is 6.18 Å². The van der Waals surface area contributed by atoms with Crippen LogP contribution < -0.4 is 4.74 Å². The molecule has 0 aliphatic heterocycles. The number of hydrogen-bond donors (Lipinski definition) is 0. The van der Waals surface area contributed by atoms with Crippen molar-refractivity contribution in [2.75, 3.05) is 12.4 Å². The highest BCUT2D eigenvalue weighted by molar-refractivity contribution is 7.99. The molecular weight excluding hydrogens is 289 g/mol. The van der Waals surface area contributed by atoms with Gasteiger partial charge in [0.25, 0.3) is 0 Å². The van der Waals surface area contributed by atoms with E-state index in [1.54, 1.807) is 18.5 Å². The highest BCUT2D eigenvalue weighted by Gasteiger charge is 2.30. The lowest BCUT2D eigenvalue weighted by Crippen LogP contribution is -2.06. The number of rotatable bonds is 5. The quantitative estimate of drug-likeness (QED) is 0.479. The Morgan fingerprint density at radius 3 is 2.55 bits per heavy atom. The van der Waals surface area contributed by atoms with E-state index >= 15 is 0 Å². The Hall–Kier alpha value is -1.76. The summed E-state index contributed by atoms with van der Waals surface area (Å²) in [6.45, 7) is 0.282. The first-order valence-electron chi connectivity index (χ1n) is 5.75. The van der Waals surface area contributed by atoms with Crippen LogP contribution in [0.2, 0.25) is 0 Å². The van der Waals surface area contributed by atoms with Crippen LogP contribution in [0.25, 0.3) is 0 Å². The second kappa shape index (κ2) is 6.60. The summed E-state index contributed by atoms with van der Waals surface area (Å²) < 4.78 is 42.8. The van der Waals surface area contributed by atoms with Crippen molar-refractivity contribution < 1.29 is 17.9 Å². The van der Waals surface area contributed by atoms with Gasteiger partial charge in [-0.15, -0.1) is 0 Å². The highest BCUT2D eigenvalue weighted by Crippen LogP contribution is 2.31. The molecule has 7 heteroatoms. The number of alkyl halides is 3. The first-order valence-corrected chi connectivity index (χ1v) is 6.74. The van der Waals surface area contributed by atoms with E-state index < -0.39 is 11.7 Å². The number of thioether (sulfide) groups is 1. The number of aromatic nitrogens is 2. The van der Waals surface area contributed by atoms with Crippen LogP contribution >= 0.6 is 11.8 Å². The minimum absolute atomic E-state index is 0.203. The van der Waals surface area contributed by atoms with Gasteiger partial charge in [-0.05, 0) is 24.3 Å². The van der Waals surface area contributed by atoms with Crippen LogP contribution in [-0.4, -0.2) is 22.3 Å². The summed E-state index contributed by atoms with van der Waals surface area (Å²) in [5.74, 6) is 0.759. The molecule has 0 spiro atoms. The molecule has 3 nitrogen and oxygen atoms in total. The maximum atomic E-state index is 12.5. The van der Waals surface area contributed by atoms with Gasteiger partial charge in [0.2, 0.25) is 0 Å². The molecule has 0 aliphatic carbocycles. The number of hydrogen-bond acceptors (Lipinski definition) is 4. The Bertz CT molecular complexity index is 549. The molecule has 0 N–H and O–H groups in total. The van der Waals surface area contributed by atoms with Crippen molar-refractivity contribution >= 4 is 11.8 Å². The molecule has 0 fully saturated rings. The van der Waals surface area contributed by atoms with E-state index in [9.17, 15) is 13.2 Å². The van der Waals surface area contributed by atoms with Gasteiger partial charge in [-0.3, -0.25) is 0 Å². The molecule has 0 amide bonds. The topological polar surface area (TPSA) is 35.0 Å². The largest absolute Gasteiger partial charge is 0.493 e. The van der Waals surface area contributed by atoms with E-state index in [0.717, 1.165) is 12.1 Å². The first-order chi connectivity index (χ1) is 9.55. The molecule has 0 unspecified atom stereocenters. The standard InChI is InChI=1S/C13H11F3N2OS/c14-13(15,16)10-3-1-4-11(9-10)19-7-8-20-12-17-5-2-6-18-12/h1-6,9H,7-8H2. The predicted octanol–water partition coefficient (Wildman–Crippen LogP) is 3.67. The molecule has 1 heterocycles. The third-order valence-electron chi connectivity index (χ3n) is 2.29. The van der Waals surface area contributed by atoms with Gasteiger partial charge in [0.15, 0.2) is 5.16 Å². The molecule has 20 heavy (non-hydrogen) atoms. The van der Waals surface area contributed by atoms with E-state index in [1.807, 2.05) is 0 Å². The zero-order valence-electron chi connectivity index (χ0n) is 10.3. The highest BCUT2D eigenvalue weighted by atomic mass is 32.2. The molecule has 0 atom stereocenters. The van der Waals surface area contributed by atoms with Gasteiger partial charge in [0.05, 0.1) is 12.2 Å². The molecule has 2 aromatic rings. The summed E-state index contributed by atoms with van der Waals surface area (Å²) >= 11 is 1.38. The lowest BCUT2D eigenvalue weighted by molar-refractivity contribution is -0.137. The van der Waals surface area contributed by atoms with Crippen LogP contribution in [0.4, 0.5) is 13.2 Å². The minimum Gasteiger partial charge on any atom is -0.493 e. The first kappa shape index (κ1) is 14.6. The molecule has 0 radical (unpaired) electrons. The van der Waals surface area contributed by atoms with E-state index in [0.29, 0.717) is 10.9 Å². The van der Waals surface area contributed by atoms with Crippen molar-refractivity contribution in [1.82, 2.24) is 9.97 Å². The average molecular weight is 300 g/mol. The van der Waals surface area contributed by atoms with Crippen molar-refractivity contribution in [3.8, 4) is 5.75 Å². The van der Waals surface area contributed by atoms with Gasteiger partial charge in [0, 0.05) is 18.1 Å². The maximum absolute atomic E-state index is 12.5. The number of nitrogens with zero attached hydrogens (tertiary/aromatic N) is 2. The zero-order valence-corrected chi connectivity index (χ0v) is 11.1. The van der Waals surface area contributed by atoms with Crippen molar-refractivity contribution in [1.29, 1.82) is 0 Å². The van der Waals surface area contributed by atoms with E-state index in [1.165, 1.54) is 23.9 Å². The summed E-state index contributed by atoms with van der Waals surface area (Å²) in [5, 5.41) is 0.611. The zero-order chi connectivity index (χ0) is 14.4. The van der Waals surface area contributed by atoms with Gasteiger partial charge < -0.3 is 4.74 Å². The molecular formula is C13H11F3N2OS. The molecule has 0 saturated heterocycles. The van der Waals surface area contributed by atoms with Crippen LogP contribution in [-0.2, 0) is 6.18 Å². The number of ether oxygens (including phenoxy) is 1. The monoisotopic (exact) mass is 300 g/mol. The molecule has 0 saturated carbocycles. The summed E-state index contributed by atoms with van der Waals surface area (Å²) in [4.78, 5) is 8.03. The Morgan fingerprint density at radius 1 is 1.10 bits per heavy atom. The van der Waals surface area contributed by atoms with Crippen molar-refractivity contribution in [3.05, 3.63) is 48.3 Å².